The molecule has 0 aromatic carbocycles. The second kappa shape index (κ2) is 3.92. The summed E-state index contributed by atoms with van der Waals surface area (Å²) < 4.78 is 7.94. The van der Waals surface area contributed by atoms with E-state index in [4.69, 9.17) is 10.2 Å². The largest absolute Gasteiger partial charge is 0.413 e. The molecule has 0 aromatic heterocycles. The second-order valence-electron chi connectivity index (χ2n) is 2.26. The van der Waals surface area contributed by atoms with Gasteiger partial charge in [-0.05, 0) is 0 Å². The van der Waals surface area contributed by atoms with Crippen molar-refractivity contribution in [3.05, 3.63) is 0 Å². The van der Waals surface area contributed by atoms with Crippen LogP contribution in [0.1, 0.15) is 6.92 Å². The van der Waals surface area contributed by atoms with Crippen LogP contribution in [0.2, 0.25) is 0 Å². The highest BCUT2D eigenvalue weighted by Crippen LogP contribution is 2.12. The van der Waals surface area contributed by atoms with Crippen molar-refractivity contribution in [2.75, 3.05) is 0 Å². The fourth-order valence-electron chi connectivity index (χ4n) is 0.473. The molecule has 0 saturated carbocycles. The van der Waals surface area contributed by atoms with E-state index in [1.54, 1.807) is 0 Å². The van der Waals surface area contributed by atoms with Crippen LogP contribution in [0.3, 0.4) is 0 Å². The third-order valence-corrected chi connectivity index (χ3v) is 0.993. The molecule has 0 aliphatic carbocycles. The van der Waals surface area contributed by atoms with Gasteiger partial charge in [-0.25, -0.2) is 9.59 Å². The zero-order chi connectivity index (χ0) is 10.6. The summed E-state index contributed by atoms with van der Waals surface area (Å²) in [7, 11) is 0. The van der Waals surface area contributed by atoms with E-state index in [1.165, 1.54) is 0 Å². The van der Waals surface area contributed by atoms with Crippen molar-refractivity contribution in [1.82, 2.24) is 0 Å². The summed E-state index contributed by atoms with van der Waals surface area (Å²) in [6, 6.07) is 0. The van der Waals surface area contributed by atoms with Gasteiger partial charge in [0.15, 0.2) is 0 Å². The first-order valence-corrected chi connectivity index (χ1v) is 3.10. The topological polar surface area (TPSA) is 145 Å². The molecule has 0 radical (unpaired) electrons. The van der Waals surface area contributed by atoms with Gasteiger partial charge in [0, 0.05) is 6.92 Å². The third kappa shape index (κ3) is 4.13. The maximum atomic E-state index is 10.2. The minimum atomic E-state index is -2.43. The Bertz CT molecular complexity index is 215. The molecule has 0 fully saturated rings. The zero-order valence-electron chi connectivity index (χ0n) is 6.76. The molecular weight excluding hydrogens is 184 g/mol. The van der Waals surface area contributed by atoms with Crippen molar-refractivity contribution >= 4 is 12.2 Å². The standard InChI is InChI=1S/C5H10N2O6/c1-5(11,13-4(7)10)2(8)12-3(6)9/h2,8,11H,1H3,(H2,6,9)(H2,7,10). The van der Waals surface area contributed by atoms with Crippen LogP contribution in [0, 0.1) is 0 Å². The van der Waals surface area contributed by atoms with E-state index in [-0.39, 0.29) is 0 Å². The van der Waals surface area contributed by atoms with E-state index in [9.17, 15) is 9.59 Å². The molecule has 0 heterocycles. The lowest BCUT2D eigenvalue weighted by Gasteiger charge is -2.26. The predicted octanol–water partition coefficient (Wildman–Crippen LogP) is -1.80. The van der Waals surface area contributed by atoms with Gasteiger partial charge in [0.25, 0.3) is 12.1 Å². The monoisotopic (exact) mass is 194 g/mol. The van der Waals surface area contributed by atoms with E-state index in [0.29, 0.717) is 0 Å². The Hall–Kier alpha value is -1.54. The normalized spacial score (nSPS) is 16.8. The molecule has 0 aliphatic rings. The molecule has 0 saturated heterocycles. The number of ether oxygens (including phenoxy) is 2. The van der Waals surface area contributed by atoms with Crippen molar-refractivity contribution < 1.29 is 29.3 Å². The Balaban J connectivity index is 4.25. The van der Waals surface area contributed by atoms with Crippen LogP contribution in [-0.2, 0) is 9.47 Å². The maximum Gasteiger partial charge on any atom is 0.407 e. The van der Waals surface area contributed by atoms with Crippen LogP contribution >= 0.6 is 0 Å². The number of primary amides is 2. The predicted molar refractivity (Wildman–Crippen MR) is 38.0 cm³/mol. The Morgan fingerprint density at radius 3 is 2.15 bits per heavy atom. The van der Waals surface area contributed by atoms with E-state index >= 15 is 0 Å². The van der Waals surface area contributed by atoms with Gasteiger partial charge >= 0.3 is 12.2 Å². The fourth-order valence-corrected chi connectivity index (χ4v) is 0.473. The number of hydrogen-bond acceptors (Lipinski definition) is 6. The molecule has 2 atom stereocenters. The number of aliphatic hydroxyl groups excluding tert-OH is 1. The molecule has 0 aromatic rings. The van der Waals surface area contributed by atoms with Crippen LogP contribution in [0.5, 0.6) is 0 Å². The Kier molecular flexibility index (Phi) is 3.45. The molecule has 13 heavy (non-hydrogen) atoms. The van der Waals surface area contributed by atoms with Gasteiger partial charge in [0.05, 0.1) is 0 Å². The SMILES string of the molecule is CC(O)(OC(N)=O)C(O)OC(N)=O. The van der Waals surface area contributed by atoms with E-state index in [1.807, 2.05) is 0 Å². The summed E-state index contributed by atoms with van der Waals surface area (Å²) in [6.45, 7) is 0.866. The number of carbonyl (C=O) groups excluding carboxylic acids is 2. The molecule has 8 nitrogen and oxygen atoms in total. The van der Waals surface area contributed by atoms with E-state index in [2.05, 4.69) is 20.9 Å². The highest BCUT2D eigenvalue weighted by Gasteiger charge is 2.37. The summed E-state index contributed by atoms with van der Waals surface area (Å²) in [4.78, 5) is 20.3. The lowest BCUT2D eigenvalue weighted by atomic mass is 10.3. The first-order valence-electron chi connectivity index (χ1n) is 3.10. The molecule has 0 spiro atoms. The summed E-state index contributed by atoms with van der Waals surface area (Å²) >= 11 is 0. The average molecular weight is 194 g/mol. The van der Waals surface area contributed by atoms with Crippen LogP contribution in [0.4, 0.5) is 9.59 Å². The van der Waals surface area contributed by atoms with Gasteiger partial charge < -0.3 is 31.2 Å². The van der Waals surface area contributed by atoms with Gasteiger partial charge in [-0.1, -0.05) is 0 Å². The maximum absolute atomic E-state index is 10.2. The molecule has 0 bridgehead atoms. The summed E-state index contributed by atoms with van der Waals surface area (Å²) in [5.41, 5.74) is 9.06. The molecule has 76 valence electrons. The van der Waals surface area contributed by atoms with Gasteiger partial charge in [0.2, 0.25) is 0 Å². The third-order valence-electron chi connectivity index (χ3n) is 0.993. The van der Waals surface area contributed by atoms with Crippen LogP contribution < -0.4 is 11.5 Å². The molecule has 2 amide bonds. The lowest BCUT2D eigenvalue weighted by molar-refractivity contribution is -0.272. The van der Waals surface area contributed by atoms with E-state index < -0.39 is 24.3 Å². The Morgan fingerprint density at radius 2 is 1.85 bits per heavy atom. The number of hydrogen-bond donors (Lipinski definition) is 4. The molecule has 6 N–H and O–H groups in total. The van der Waals surface area contributed by atoms with Crippen molar-refractivity contribution in [2.45, 2.75) is 19.0 Å². The van der Waals surface area contributed by atoms with Gasteiger partial charge in [-0.3, -0.25) is 0 Å². The molecule has 0 aliphatic heterocycles. The molecule has 0 rings (SSSR count). The lowest BCUT2D eigenvalue weighted by Crippen LogP contribution is -2.47. The summed E-state index contributed by atoms with van der Waals surface area (Å²) in [5, 5.41) is 18.0. The van der Waals surface area contributed by atoms with Gasteiger partial charge in [-0.15, -0.1) is 0 Å². The van der Waals surface area contributed by atoms with Crippen molar-refractivity contribution in [2.24, 2.45) is 11.5 Å². The minimum absolute atomic E-state index is 0.866. The van der Waals surface area contributed by atoms with Crippen molar-refractivity contribution in [1.29, 1.82) is 0 Å². The number of amides is 2. The van der Waals surface area contributed by atoms with Gasteiger partial charge in [0.1, 0.15) is 0 Å². The number of carbonyl (C=O) groups is 2. The van der Waals surface area contributed by atoms with Crippen LogP contribution in [-0.4, -0.2) is 34.5 Å². The van der Waals surface area contributed by atoms with Crippen molar-refractivity contribution in [3.63, 3.8) is 0 Å². The van der Waals surface area contributed by atoms with E-state index in [0.717, 1.165) is 6.92 Å². The Morgan fingerprint density at radius 1 is 1.38 bits per heavy atom. The number of rotatable bonds is 3. The van der Waals surface area contributed by atoms with Gasteiger partial charge in [-0.2, -0.15) is 0 Å². The number of aliphatic hydroxyl groups is 2. The average Bonchev–Trinajstić information content (AvgIpc) is 1.81. The zero-order valence-corrected chi connectivity index (χ0v) is 6.76. The summed E-state index contributed by atoms with van der Waals surface area (Å²) in [5.74, 6) is -2.43. The molecule has 2 unspecified atom stereocenters. The smallest absolute Gasteiger partial charge is 0.407 e. The highest BCUT2D eigenvalue weighted by molar-refractivity contribution is 5.66. The van der Waals surface area contributed by atoms with Crippen molar-refractivity contribution in [3.8, 4) is 0 Å². The van der Waals surface area contributed by atoms with Crippen LogP contribution in [0.25, 0.3) is 0 Å². The highest BCUT2D eigenvalue weighted by atomic mass is 16.7. The fraction of sp³-hybridized carbons (Fsp3) is 0.600. The quantitative estimate of drug-likeness (QED) is 0.390. The van der Waals surface area contributed by atoms with Crippen LogP contribution in [0.15, 0.2) is 0 Å². The molecule has 8 heteroatoms. The molecular formula is C5H10N2O6. The summed E-state index contributed by atoms with van der Waals surface area (Å²) in [6.07, 6.45) is -4.77. The second-order valence-corrected chi connectivity index (χ2v) is 2.26. The first-order chi connectivity index (χ1) is 5.75. The minimum Gasteiger partial charge on any atom is -0.413 e. The number of nitrogens with two attached hydrogens (primary N) is 2. The Labute approximate surface area is 73.0 Å². The first kappa shape index (κ1) is 11.5.